The Bertz CT molecular complexity index is 613. The fourth-order valence-corrected chi connectivity index (χ4v) is 2.36. The molecule has 0 saturated carbocycles. The second-order valence-electron chi connectivity index (χ2n) is 4.73. The molecule has 2 N–H and O–H groups in total. The number of hydrogen-bond acceptors (Lipinski definition) is 1. The number of nitrogens with one attached hydrogen (secondary N) is 2. The van der Waals surface area contributed by atoms with Crippen LogP contribution in [0.5, 0.6) is 0 Å². The smallest absolute Gasteiger partial charge is 0.319 e. The molecule has 0 saturated heterocycles. The van der Waals surface area contributed by atoms with Crippen LogP contribution in [0.1, 0.15) is 18.1 Å². The zero-order valence-electron chi connectivity index (χ0n) is 12.0. The van der Waals surface area contributed by atoms with Crippen LogP contribution in [0.15, 0.2) is 48.5 Å². The van der Waals surface area contributed by atoms with Gasteiger partial charge in [0.2, 0.25) is 0 Å². The monoisotopic (exact) mass is 302 g/mol. The Kier molecular flexibility index (Phi) is 5.64. The van der Waals surface area contributed by atoms with Gasteiger partial charge in [-0.2, -0.15) is 0 Å². The van der Waals surface area contributed by atoms with E-state index in [1.807, 2.05) is 48.5 Å². The topological polar surface area (TPSA) is 41.1 Å². The lowest BCUT2D eigenvalue weighted by Gasteiger charge is -2.11. The van der Waals surface area contributed by atoms with Gasteiger partial charge in [0, 0.05) is 17.3 Å². The first-order chi connectivity index (χ1) is 10.2. The molecule has 0 radical (unpaired) electrons. The second-order valence-corrected chi connectivity index (χ2v) is 5.14. The molecule has 2 aromatic carbocycles. The molecule has 21 heavy (non-hydrogen) atoms. The van der Waals surface area contributed by atoms with Crippen LogP contribution in [0.25, 0.3) is 0 Å². The van der Waals surface area contributed by atoms with Crippen molar-refractivity contribution in [3.63, 3.8) is 0 Å². The Morgan fingerprint density at radius 1 is 1.05 bits per heavy atom. The average molecular weight is 303 g/mol. The minimum atomic E-state index is -0.192. The lowest BCUT2D eigenvalue weighted by atomic mass is 10.1. The first kappa shape index (κ1) is 15.4. The molecule has 3 nitrogen and oxygen atoms in total. The van der Waals surface area contributed by atoms with E-state index in [1.165, 1.54) is 0 Å². The molecule has 0 heterocycles. The largest absolute Gasteiger partial charge is 0.338 e. The molecule has 0 fully saturated rings. The van der Waals surface area contributed by atoms with E-state index in [0.717, 1.165) is 28.3 Å². The molecule has 2 rings (SSSR count). The maximum absolute atomic E-state index is 11.9. The van der Waals surface area contributed by atoms with Crippen LogP contribution in [0, 0.1) is 0 Å². The van der Waals surface area contributed by atoms with E-state index in [1.54, 1.807) is 0 Å². The predicted molar refractivity (Wildman–Crippen MR) is 88.0 cm³/mol. The number of amides is 2. The Morgan fingerprint density at radius 3 is 2.43 bits per heavy atom. The van der Waals surface area contributed by atoms with Crippen LogP contribution in [0.3, 0.4) is 0 Å². The van der Waals surface area contributed by atoms with E-state index in [9.17, 15) is 4.79 Å². The standard InChI is InChI=1S/C17H19ClN2O/c1-2-13-7-4-6-10-16(13)20-17(21)19-12-11-14-8-3-5-9-15(14)18/h3-10H,2,11-12H2,1H3,(H2,19,20,21). The van der Waals surface area contributed by atoms with Crippen LogP contribution in [0.4, 0.5) is 10.5 Å². The van der Waals surface area contributed by atoms with Gasteiger partial charge in [0.1, 0.15) is 0 Å². The number of anilines is 1. The van der Waals surface area contributed by atoms with Gasteiger partial charge in [-0.3, -0.25) is 0 Å². The molecule has 0 atom stereocenters. The van der Waals surface area contributed by atoms with Gasteiger partial charge >= 0.3 is 6.03 Å². The van der Waals surface area contributed by atoms with Crippen molar-refractivity contribution < 1.29 is 4.79 Å². The molecule has 2 aromatic rings. The highest BCUT2D eigenvalue weighted by Gasteiger charge is 2.05. The van der Waals surface area contributed by atoms with Gasteiger partial charge in [-0.05, 0) is 36.1 Å². The third-order valence-electron chi connectivity index (χ3n) is 3.28. The van der Waals surface area contributed by atoms with E-state index in [-0.39, 0.29) is 6.03 Å². The fourth-order valence-electron chi connectivity index (χ4n) is 2.13. The maximum atomic E-state index is 11.9. The molecular formula is C17H19ClN2O. The number of rotatable bonds is 5. The summed E-state index contributed by atoms with van der Waals surface area (Å²) in [5, 5.41) is 6.46. The Morgan fingerprint density at radius 2 is 1.71 bits per heavy atom. The normalized spacial score (nSPS) is 10.2. The van der Waals surface area contributed by atoms with E-state index in [4.69, 9.17) is 11.6 Å². The van der Waals surface area contributed by atoms with Gasteiger partial charge in [0.05, 0.1) is 0 Å². The third-order valence-corrected chi connectivity index (χ3v) is 3.65. The zero-order chi connectivity index (χ0) is 15.1. The maximum Gasteiger partial charge on any atom is 0.319 e. The van der Waals surface area contributed by atoms with Gasteiger partial charge < -0.3 is 10.6 Å². The molecule has 0 unspecified atom stereocenters. The number of benzene rings is 2. The van der Waals surface area contributed by atoms with E-state index in [2.05, 4.69) is 17.6 Å². The van der Waals surface area contributed by atoms with E-state index in [0.29, 0.717) is 13.0 Å². The van der Waals surface area contributed by atoms with Crippen molar-refractivity contribution in [2.24, 2.45) is 0 Å². The van der Waals surface area contributed by atoms with Crippen molar-refractivity contribution in [2.75, 3.05) is 11.9 Å². The van der Waals surface area contributed by atoms with Gasteiger partial charge in [-0.15, -0.1) is 0 Å². The first-order valence-electron chi connectivity index (χ1n) is 7.07. The summed E-state index contributed by atoms with van der Waals surface area (Å²) in [6.45, 7) is 2.61. The molecular weight excluding hydrogens is 284 g/mol. The van der Waals surface area contributed by atoms with Gasteiger partial charge in [0.15, 0.2) is 0 Å². The zero-order valence-corrected chi connectivity index (χ0v) is 12.8. The van der Waals surface area contributed by atoms with Gasteiger partial charge in [0.25, 0.3) is 0 Å². The molecule has 0 aromatic heterocycles. The fraction of sp³-hybridized carbons (Fsp3) is 0.235. The van der Waals surface area contributed by atoms with Crippen molar-refractivity contribution >= 4 is 23.3 Å². The number of para-hydroxylation sites is 1. The van der Waals surface area contributed by atoms with Crippen molar-refractivity contribution in [2.45, 2.75) is 19.8 Å². The minimum Gasteiger partial charge on any atom is -0.338 e. The molecule has 0 aliphatic carbocycles. The Labute approximate surface area is 130 Å². The lowest BCUT2D eigenvalue weighted by molar-refractivity contribution is 0.252. The predicted octanol–water partition coefficient (Wildman–Crippen LogP) is 4.27. The minimum absolute atomic E-state index is 0.192. The van der Waals surface area contributed by atoms with Crippen LogP contribution >= 0.6 is 11.6 Å². The van der Waals surface area contributed by atoms with E-state index >= 15 is 0 Å². The van der Waals surface area contributed by atoms with Crippen LogP contribution in [-0.4, -0.2) is 12.6 Å². The molecule has 0 spiro atoms. The number of urea groups is 1. The number of hydrogen-bond donors (Lipinski definition) is 2. The summed E-state index contributed by atoms with van der Waals surface area (Å²) in [4.78, 5) is 11.9. The van der Waals surface area contributed by atoms with Crippen molar-refractivity contribution in [3.8, 4) is 0 Å². The Balaban J connectivity index is 1.84. The first-order valence-corrected chi connectivity index (χ1v) is 7.44. The highest BCUT2D eigenvalue weighted by Crippen LogP contribution is 2.16. The molecule has 4 heteroatoms. The van der Waals surface area contributed by atoms with Crippen molar-refractivity contribution in [1.29, 1.82) is 0 Å². The highest BCUT2D eigenvalue weighted by atomic mass is 35.5. The van der Waals surface area contributed by atoms with Gasteiger partial charge in [-0.25, -0.2) is 4.79 Å². The van der Waals surface area contributed by atoms with Crippen LogP contribution in [0.2, 0.25) is 5.02 Å². The molecule has 110 valence electrons. The number of halogens is 1. The summed E-state index contributed by atoms with van der Waals surface area (Å²) in [5.41, 5.74) is 3.02. The van der Waals surface area contributed by atoms with Gasteiger partial charge in [-0.1, -0.05) is 54.9 Å². The Hall–Kier alpha value is -2.00. The third kappa shape index (κ3) is 4.50. The summed E-state index contributed by atoms with van der Waals surface area (Å²) >= 11 is 6.08. The highest BCUT2D eigenvalue weighted by molar-refractivity contribution is 6.31. The molecule has 0 aliphatic rings. The van der Waals surface area contributed by atoms with Crippen LogP contribution < -0.4 is 10.6 Å². The summed E-state index contributed by atoms with van der Waals surface area (Å²) in [6, 6.07) is 15.3. The lowest BCUT2D eigenvalue weighted by Crippen LogP contribution is -2.30. The average Bonchev–Trinajstić information content (AvgIpc) is 2.50. The quantitative estimate of drug-likeness (QED) is 0.851. The summed E-state index contributed by atoms with van der Waals surface area (Å²) in [6.07, 6.45) is 1.60. The molecule has 0 aliphatic heterocycles. The number of carbonyl (C=O) groups excluding carboxylic acids is 1. The van der Waals surface area contributed by atoms with Crippen molar-refractivity contribution in [3.05, 3.63) is 64.7 Å². The molecule has 2 amide bonds. The molecule has 0 bridgehead atoms. The van der Waals surface area contributed by atoms with E-state index < -0.39 is 0 Å². The van der Waals surface area contributed by atoms with Crippen molar-refractivity contribution in [1.82, 2.24) is 5.32 Å². The second kappa shape index (κ2) is 7.70. The number of aryl methyl sites for hydroxylation is 1. The number of carbonyl (C=O) groups is 1. The SMILES string of the molecule is CCc1ccccc1NC(=O)NCCc1ccccc1Cl. The summed E-state index contributed by atoms with van der Waals surface area (Å²) in [5.74, 6) is 0. The summed E-state index contributed by atoms with van der Waals surface area (Å²) in [7, 11) is 0. The van der Waals surface area contributed by atoms with Crippen LogP contribution in [-0.2, 0) is 12.8 Å². The summed E-state index contributed by atoms with van der Waals surface area (Å²) < 4.78 is 0.